The first-order chi connectivity index (χ1) is 17.3. The van der Waals surface area contributed by atoms with Crippen molar-refractivity contribution < 1.29 is 50.8 Å². The summed E-state index contributed by atoms with van der Waals surface area (Å²) in [6.07, 6.45) is -9.67. The van der Waals surface area contributed by atoms with Gasteiger partial charge in [-0.25, -0.2) is 4.79 Å². The molecule has 1 amide bonds. The number of hydrogen-bond acceptors (Lipinski definition) is 4. The molecule has 0 radical (unpaired) electrons. The first kappa shape index (κ1) is 25.8. The Morgan fingerprint density at radius 1 is 0.892 bits per heavy atom. The van der Waals surface area contributed by atoms with Crippen LogP contribution in [0.5, 0.6) is 5.75 Å². The molecule has 37 heavy (non-hydrogen) atoms. The topological polar surface area (TPSA) is 104 Å². The van der Waals surface area contributed by atoms with Crippen molar-refractivity contribution in [1.29, 1.82) is 0 Å². The van der Waals surface area contributed by atoms with Crippen molar-refractivity contribution in [2.75, 3.05) is 6.61 Å². The van der Waals surface area contributed by atoms with Crippen LogP contribution in [0.1, 0.15) is 27.0 Å². The number of halogens is 6. The first-order valence-corrected chi connectivity index (χ1v) is 10.4. The molecule has 0 aliphatic rings. The molecule has 0 atom stereocenters. The van der Waals surface area contributed by atoms with Gasteiger partial charge >= 0.3 is 18.3 Å². The van der Waals surface area contributed by atoms with Crippen LogP contribution in [0.15, 0.2) is 54.6 Å². The van der Waals surface area contributed by atoms with Crippen LogP contribution < -0.4 is 10.6 Å². The number of primary amides is 1. The number of nitrogens with two attached hydrogens (primary N) is 1. The highest BCUT2D eigenvalue weighted by Gasteiger charge is 2.35. The number of carboxylic acids is 1. The van der Waals surface area contributed by atoms with Gasteiger partial charge in [-0.2, -0.15) is 31.2 Å². The fourth-order valence-electron chi connectivity index (χ4n) is 4.08. The van der Waals surface area contributed by atoms with Gasteiger partial charge in [-0.1, -0.05) is 24.3 Å². The van der Waals surface area contributed by atoms with Crippen LogP contribution in [-0.2, 0) is 28.6 Å². The number of rotatable bonds is 7. The Morgan fingerprint density at radius 3 is 2.22 bits per heavy atom. The van der Waals surface area contributed by atoms with Crippen molar-refractivity contribution in [3.8, 4) is 5.75 Å². The normalized spacial score (nSPS) is 12.3. The average molecular weight is 526 g/mol. The number of nitrogens with zero attached hydrogens (tertiary/aromatic N) is 1. The number of carboxylic acid groups (broad SMARTS) is 1. The molecule has 0 aliphatic heterocycles. The molecule has 3 aromatic carbocycles. The second-order valence-electron chi connectivity index (χ2n) is 7.91. The maximum atomic E-state index is 13.8. The summed E-state index contributed by atoms with van der Waals surface area (Å²) in [6, 6.07) is 9.84. The fraction of sp³-hybridized carbons (Fsp3) is 0.167. The van der Waals surface area contributed by atoms with Crippen LogP contribution in [0, 0.1) is 0 Å². The van der Waals surface area contributed by atoms with Crippen molar-refractivity contribution in [3.63, 3.8) is 0 Å². The lowest BCUT2D eigenvalue weighted by molar-refractivity contribution is -0.213. The molecule has 4 rings (SSSR count). The van der Waals surface area contributed by atoms with Crippen molar-refractivity contribution in [2.45, 2.75) is 18.9 Å². The van der Waals surface area contributed by atoms with Gasteiger partial charge in [-0.05, 0) is 35.9 Å². The van der Waals surface area contributed by atoms with E-state index in [1.165, 1.54) is 41.0 Å². The van der Waals surface area contributed by atoms with Crippen LogP contribution >= 0.6 is 0 Å². The van der Waals surface area contributed by atoms with Crippen molar-refractivity contribution in [3.05, 3.63) is 76.9 Å². The zero-order valence-electron chi connectivity index (χ0n) is 18.5. The highest BCUT2D eigenvalue weighted by Crippen LogP contribution is 2.43. The molecule has 0 saturated heterocycles. The number of aromatic nitrogens is 1. The Morgan fingerprint density at radius 2 is 1.59 bits per heavy atom. The van der Waals surface area contributed by atoms with E-state index in [-0.39, 0.29) is 32.9 Å². The Kier molecular flexibility index (Phi) is 6.50. The smallest absolute Gasteiger partial charge is 0.416 e. The fourth-order valence-corrected chi connectivity index (χ4v) is 4.08. The number of alkyl halides is 6. The molecule has 1 heterocycles. The van der Waals surface area contributed by atoms with Gasteiger partial charge in [0.15, 0.2) is 12.4 Å². The quantitative estimate of drug-likeness (QED) is 0.191. The number of carbonyl (C=O) groups excluding carboxylic acids is 1. The predicted molar refractivity (Wildman–Crippen MR) is 118 cm³/mol. The summed E-state index contributed by atoms with van der Waals surface area (Å²) >= 11 is 0. The maximum Gasteiger partial charge on any atom is 0.416 e. The summed E-state index contributed by atoms with van der Waals surface area (Å²) in [5.74, 6) is -3.04. The van der Waals surface area contributed by atoms with E-state index >= 15 is 0 Å². The number of aliphatic carboxylic acids is 1. The van der Waals surface area contributed by atoms with Crippen LogP contribution in [0.2, 0.25) is 0 Å². The van der Waals surface area contributed by atoms with Crippen molar-refractivity contribution in [1.82, 2.24) is 4.57 Å². The highest BCUT2D eigenvalue weighted by molar-refractivity contribution is 6.19. The summed E-state index contributed by atoms with van der Waals surface area (Å²) in [6.45, 7) is -1.56. The van der Waals surface area contributed by atoms with Gasteiger partial charge in [-0.15, -0.1) is 0 Å². The lowest BCUT2D eigenvalue weighted by atomic mass is 10.0. The number of carbonyl (C=O) groups is 2. The Balaban J connectivity index is 2.08. The molecule has 4 aromatic rings. The second-order valence-corrected chi connectivity index (χ2v) is 7.91. The minimum Gasteiger partial charge on any atom is -0.479 e. The van der Waals surface area contributed by atoms with Gasteiger partial charge in [0.25, 0.3) is 0 Å². The predicted octanol–water partition coefficient (Wildman–Crippen LogP) is 5.37. The summed E-state index contributed by atoms with van der Waals surface area (Å²) in [5.41, 5.74) is 2.68. The largest absolute Gasteiger partial charge is 0.479 e. The Labute approximate surface area is 203 Å². The third-order valence-corrected chi connectivity index (χ3v) is 5.53. The standard InChI is InChI=1S/C24H16F6N2O5/c25-23(26,27)13-8-17-21(18(9-13)37-36-11-19(33)34)20-14(22(31)35)5-3-7-16(20)32(17)10-12-4-1-2-6-15(12)24(28,29)30/h1-9H,10-11H2,(H2,31,35)(H,33,34). The number of benzene rings is 3. The van der Waals surface area contributed by atoms with Crippen LogP contribution in [0.3, 0.4) is 0 Å². The third kappa shape index (κ3) is 5.03. The molecular formula is C24H16F6N2O5. The SMILES string of the molecule is NC(=O)c1cccc2c1c1c(OOCC(=O)O)cc(C(F)(F)F)cc1n2Cc1ccccc1C(F)(F)F. The van der Waals surface area contributed by atoms with E-state index in [1.54, 1.807) is 0 Å². The molecule has 0 bridgehead atoms. The zero-order chi connectivity index (χ0) is 27.1. The lowest BCUT2D eigenvalue weighted by Crippen LogP contribution is -2.12. The summed E-state index contributed by atoms with van der Waals surface area (Å²) in [5, 5.41) is 8.66. The second kappa shape index (κ2) is 9.32. The molecule has 13 heteroatoms. The molecule has 0 saturated carbocycles. The number of hydrogen-bond donors (Lipinski definition) is 2. The number of fused-ring (bicyclic) bond motifs is 3. The average Bonchev–Trinajstić information content (AvgIpc) is 3.11. The molecule has 0 unspecified atom stereocenters. The molecule has 3 N–H and O–H groups in total. The van der Waals surface area contributed by atoms with Gasteiger partial charge in [0.05, 0.1) is 27.5 Å². The van der Waals surface area contributed by atoms with Crippen LogP contribution in [-0.4, -0.2) is 28.2 Å². The maximum absolute atomic E-state index is 13.8. The van der Waals surface area contributed by atoms with E-state index in [0.29, 0.717) is 12.1 Å². The van der Waals surface area contributed by atoms with Gasteiger partial charge in [0, 0.05) is 17.5 Å². The van der Waals surface area contributed by atoms with Crippen molar-refractivity contribution >= 4 is 33.7 Å². The van der Waals surface area contributed by atoms with E-state index in [2.05, 4.69) is 4.89 Å². The Hall–Kier alpha value is -4.26. The molecule has 194 valence electrons. The highest BCUT2D eigenvalue weighted by atomic mass is 19.4. The van der Waals surface area contributed by atoms with E-state index in [1.807, 2.05) is 0 Å². The van der Waals surface area contributed by atoms with E-state index < -0.39 is 54.3 Å². The molecule has 0 fully saturated rings. The molecular weight excluding hydrogens is 510 g/mol. The molecule has 1 aromatic heterocycles. The molecule has 0 spiro atoms. The summed E-state index contributed by atoms with van der Waals surface area (Å²) in [7, 11) is 0. The van der Waals surface area contributed by atoms with Crippen LogP contribution in [0.25, 0.3) is 21.8 Å². The van der Waals surface area contributed by atoms with Crippen LogP contribution in [0.4, 0.5) is 26.3 Å². The summed E-state index contributed by atoms with van der Waals surface area (Å²) in [4.78, 5) is 32.5. The van der Waals surface area contributed by atoms with Gasteiger partial charge in [0.1, 0.15) is 0 Å². The number of amides is 1. The summed E-state index contributed by atoms with van der Waals surface area (Å²) < 4.78 is 83.4. The zero-order valence-corrected chi connectivity index (χ0v) is 18.5. The van der Waals surface area contributed by atoms with Gasteiger partial charge in [0.2, 0.25) is 5.91 Å². The van der Waals surface area contributed by atoms with E-state index in [9.17, 15) is 35.9 Å². The van der Waals surface area contributed by atoms with Gasteiger partial charge < -0.3 is 20.3 Å². The van der Waals surface area contributed by atoms with Crippen molar-refractivity contribution in [2.24, 2.45) is 5.73 Å². The lowest BCUT2D eigenvalue weighted by Gasteiger charge is -2.16. The molecule has 7 nitrogen and oxygen atoms in total. The van der Waals surface area contributed by atoms with Gasteiger partial charge in [-0.3, -0.25) is 4.79 Å². The van der Waals surface area contributed by atoms with E-state index in [0.717, 1.165) is 6.07 Å². The monoisotopic (exact) mass is 526 g/mol. The molecule has 0 aliphatic carbocycles. The first-order valence-electron chi connectivity index (χ1n) is 10.4. The Bertz CT molecular complexity index is 1520. The van der Waals surface area contributed by atoms with E-state index in [4.69, 9.17) is 15.7 Å². The minimum atomic E-state index is -4.92. The minimum absolute atomic E-state index is 0.00265. The third-order valence-electron chi connectivity index (χ3n) is 5.53.